The van der Waals surface area contributed by atoms with E-state index in [0.29, 0.717) is 17.7 Å². The van der Waals surface area contributed by atoms with E-state index in [-0.39, 0.29) is 12.2 Å². The highest BCUT2D eigenvalue weighted by Crippen LogP contribution is 2.23. The standard InChI is InChI=1S/C26H26N4O4/c1-15-21(16(2)30-25(27-15)22-10-5-6-11-23(22)29-30)12-13-24(32)34-18(4)26(33)28-20-9-7-8-19(14-20)17(3)31/h5-11,14,18H,12-13H2,1-4H3,(H,28,33). The highest BCUT2D eigenvalue weighted by atomic mass is 16.5. The molecule has 2 aromatic heterocycles. The zero-order valence-electron chi connectivity index (χ0n) is 19.6. The molecule has 0 aliphatic rings. The molecule has 1 N–H and O–H groups in total. The Bertz CT molecular complexity index is 1420. The van der Waals surface area contributed by atoms with Crippen LogP contribution in [-0.2, 0) is 20.7 Å². The number of amides is 1. The van der Waals surface area contributed by atoms with Crippen LogP contribution >= 0.6 is 0 Å². The van der Waals surface area contributed by atoms with Gasteiger partial charge in [-0.2, -0.15) is 5.10 Å². The lowest BCUT2D eigenvalue weighted by Gasteiger charge is -2.15. The zero-order valence-corrected chi connectivity index (χ0v) is 19.6. The lowest BCUT2D eigenvalue weighted by atomic mass is 10.1. The van der Waals surface area contributed by atoms with Gasteiger partial charge in [-0.05, 0) is 63.9 Å². The molecule has 0 saturated carbocycles. The van der Waals surface area contributed by atoms with Gasteiger partial charge < -0.3 is 10.1 Å². The number of nitrogens with one attached hydrogen (secondary N) is 1. The molecule has 34 heavy (non-hydrogen) atoms. The van der Waals surface area contributed by atoms with Gasteiger partial charge in [0.15, 0.2) is 17.5 Å². The minimum absolute atomic E-state index is 0.1000. The molecule has 4 rings (SSSR count). The molecule has 8 nitrogen and oxygen atoms in total. The van der Waals surface area contributed by atoms with Gasteiger partial charge in [-0.15, -0.1) is 0 Å². The quantitative estimate of drug-likeness (QED) is 0.329. The van der Waals surface area contributed by atoms with Crippen molar-refractivity contribution in [2.75, 3.05) is 5.32 Å². The summed E-state index contributed by atoms with van der Waals surface area (Å²) < 4.78 is 7.15. The van der Waals surface area contributed by atoms with Gasteiger partial charge in [-0.3, -0.25) is 14.4 Å². The number of Topliss-reactive ketones (excluding diaryl/α,β-unsaturated/α-hetero) is 1. The molecule has 2 heterocycles. The summed E-state index contributed by atoms with van der Waals surface area (Å²) in [4.78, 5) is 41.2. The first-order chi connectivity index (χ1) is 16.2. The van der Waals surface area contributed by atoms with E-state index in [1.165, 1.54) is 13.8 Å². The Balaban J connectivity index is 1.40. The van der Waals surface area contributed by atoms with E-state index in [9.17, 15) is 14.4 Å². The highest BCUT2D eigenvalue weighted by Gasteiger charge is 2.20. The number of ketones is 1. The van der Waals surface area contributed by atoms with Gasteiger partial charge >= 0.3 is 5.97 Å². The summed E-state index contributed by atoms with van der Waals surface area (Å²) in [7, 11) is 0. The van der Waals surface area contributed by atoms with Crippen LogP contribution in [-0.4, -0.2) is 38.4 Å². The predicted octanol–water partition coefficient (Wildman–Crippen LogP) is 4.20. The number of hydrogen-bond donors (Lipinski definition) is 1. The Morgan fingerprint density at radius 1 is 1.09 bits per heavy atom. The second-order valence-electron chi connectivity index (χ2n) is 8.27. The van der Waals surface area contributed by atoms with Crippen molar-refractivity contribution in [2.45, 2.75) is 46.6 Å². The maximum atomic E-state index is 12.5. The van der Waals surface area contributed by atoms with E-state index < -0.39 is 18.0 Å². The van der Waals surface area contributed by atoms with Crippen molar-refractivity contribution in [1.82, 2.24) is 14.6 Å². The maximum absolute atomic E-state index is 12.5. The summed E-state index contributed by atoms with van der Waals surface area (Å²) in [5.41, 5.74) is 5.29. The summed E-state index contributed by atoms with van der Waals surface area (Å²) >= 11 is 0. The number of benzene rings is 2. The molecular weight excluding hydrogens is 432 g/mol. The molecule has 2 aromatic carbocycles. The molecule has 0 saturated heterocycles. The molecule has 0 radical (unpaired) electrons. The SMILES string of the molecule is CC(=O)c1cccc(NC(=O)C(C)OC(=O)CCc2c(C)nc3c4ccccc4nn3c2C)c1. The second kappa shape index (κ2) is 9.43. The number of aryl methyl sites for hydroxylation is 2. The Morgan fingerprint density at radius 2 is 1.85 bits per heavy atom. The smallest absolute Gasteiger partial charge is 0.306 e. The number of nitrogens with zero attached hydrogens (tertiary/aromatic N) is 3. The van der Waals surface area contributed by atoms with Crippen LogP contribution < -0.4 is 5.32 Å². The third kappa shape index (κ3) is 4.66. The number of fused-ring (bicyclic) bond motifs is 3. The van der Waals surface area contributed by atoms with Crippen molar-refractivity contribution in [1.29, 1.82) is 0 Å². The molecule has 0 spiro atoms. The molecular formula is C26H26N4O4. The van der Waals surface area contributed by atoms with Gasteiger partial charge in [0.1, 0.15) is 0 Å². The lowest BCUT2D eigenvalue weighted by Crippen LogP contribution is -2.30. The average Bonchev–Trinajstić information content (AvgIpc) is 3.18. The number of anilines is 1. The number of rotatable bonds is 7. The monoisotopic (exact) mass is 458 g/mol. The molecule has 4 aromatic rings. The topological polar surface area (TPSA) is 103 Å². The fraction of sp³-hybridized carbons (Fsp3) is 0.269. The molecule has 0 aliphatic carbocycles. The number of aromatic nitrogens is 3. The predicted molar refractivity (Wildman–Crippen MR) is 129 cm³/mol. The van der Waals surface area contributed by atoms with Crippen LogP contribution in [0.3, 0.4) is 0 Å². The Labute approximate surface area is 196 Å². The Kier molecular flexibility index (Phi) is 6.40. The number of carbonyl (C=O) groups excluding carboxylic acids is 3. The van der Waals surface area contributed by atoms with Crippen LogP contribution in [0.4, 0.5) is 5.69 Å². The van der Waals surface area contributed by atoms with Crippen molar-refractivity contribution in [2.24, 2.45) is 0 Å². The fourth-order valence-electron chi connectivity index (χ4n) is 3.93. The molecule has 0 bridgehead atoms. The van der Waals surface area contributed by atoms with E-state index in [2.05, 4.69) is 10.4 Å². The highest BCUT2D eigenvalue weighted by molar-refractivity contribution is 5.98. The van der Waals surface area contributed by atoms with Crippen molar-refractivity contribution in [3.63, 3.8) is 0 Å². The second-order valence-corrected chi connectivity index (χ2v) is 8.27. The van der Waals surface area contributed by atoms with Crippen LogP contribution in [0, 0.1) is 13.8 Å². The number of esters is 1. The van der Waals surface area contributed by atoms with Gasteiger partial charge in [0.2, 0.25) is 0 Å². The van der Waals surface area contributed by atoms with Crippen LogP contribution in [0.5, 0.6) is 0 Å². The van der Waals surface area contributed by atoms with Gasteiger partial charge in [-0.1, -0.05) is 24.3 Å². The first-order valence-electron chi connectivity index (χ1n) is 11.1. The van der Waals surface area contributed by atoms with Crippen LogP contribution in [0.1, 0.15) is 47.6 Å². The first-order valence-corrected chi connectivity index (χ1v) is 11.1. The summed E-state index contributed by atoms with van der Waals surface area (Å²) in [5.74, 6) is -1.05. The van der Waals surface area contributed by atoms with Crippen molar-refractivity contribution >= 4 is 39.9 Å². The van der Waals surface area contributed by atoms with Gasteiger partial charge in [0.05, 0.1) is 5.52 Å². The molecule has 0 aliphatic heterocycles. The largest absolute Gasteiger partial charge is 0.453 e. The lowest BCUT2D eigenvalue weighted by molar-refractivity contribution is -0.153. The summed E-state index contributed by atoms with van der Waals surface area (Å²) in [6.45, 7) is 6.85. The van der Waals surface area contributed by atoms with E-state index in [4.69, 9.17) is 9.72 Å². The third-order valence-corrected chi connectivity index (χ3v) is 5.81. The third-order valence-electron chi connectivity index (χ3n) is 5.81. The zero-order chi connectivity index (χ0) is 24.4. The summed E-state index contributed by atoms with van der Waals surface area (Å²) in [6, 6.07) is 14.4. The normalized spacial score (nSPS) is 12.0. The summed E-state index contributed by atoms with van der Waals surface area (Å²) in [5, 5.41) is 8.29. The number of carbonyl (C=O) groups is 3. The molecule has 1 unspecified atom stereocenters. The number of hydrogen-bond acceptors (Lipinski definition) is 6. The van der Waals surface area contributed by atoms with Crippen molar-refractivity contribution < 1.29 is 19.1 Å². The maximum Gasteiger partial charge on any atom is 0.306 e. The van der Waals surface area contributed by atoms with Crippen LogP contribution in [0.25, 0.3) is 16.6 Å². The fourth-order valence-corrected chi connectivity index (χ4v) is 3.93. The number of ether oxygens (including phenoxy) is 1. The van der Waals surface area contributed by atoms with E-state index in [1.54, 1.807) is 24.3 Å². The molecule has 8 heteroatoms. The van der Waals surface area contributed by atoms with Gasteiger partial charge in [0, 0.05) is 34.4 Å². The Morgan fingerprint density at radius 3 is 2.62 bits per heavy atom. The first kappa shape index (κ1) is 23.1. The van der Waals surface area contributed by atoms with E-state index >= 15 is 0 Å². The minimum atomic E-state index is -0.979. The van der Waals surface area contributed by atoms with Crippen molar-refractivity contribution in [3.05, 3.63) is 71.0 Å². The molecule has 174 valence electrons. The molecule has 1 atom stereocenters. The molecule has 1 amide bonds. The molecule has 0 fully saturated rings. The van der Waals surface area contributed by atoms with Gasteiger partial charge in [-0.25, -0.2) is 9.50 Å². The van der Waals surface area contributed by atoms with Crippen molar-refractivity contribution in [3.8, 4) is 0 Å². The van der Waals surface area contributed by atoms with E-state index in [1.807, 2.05) is 42.6 Å². The average molecular weight is 459 g/mol. The van der Waals surface area contributed by atoms with Crippen LogP contribution in [0.15, 0.2) is 48.5 Å². The summed E-state index contributed by atoms with van der Waals surface area (Å²) in [6.07, 6.45) is -0.453. The van der Waals surface area contributed by atoms with Crippen LogP contribution in [0.2, 0.25) is 0 Å². The van der Waals surface area contributed by atoms with E-state index in [0.717, 1.165) is 33.5 Å². The minimum Gasteiger partial charge on any atom is -0.453 e. The van der Waals surface area contributed by atoms with Gasteiger partial charge in [0.25, 0.3) is 5.91 Å². The Hall–Kier alpha value is -4.07.